The van der Waals surface area contributed by atoms with Crippen molar-refractivity contribution in [2.45, 2.75) is 20.8 Å². The van der Waals surface area contributed by atoms with Gasteiger partial charge >= 0.3 is 0 Å². The first-order valence-corrected chi connectivity index (χ1v) is 9.86. The monoisotopic (exact) mass is 410 g/mol. The summed E-state index contributed by atoms with van der Waals surface area (Å²) in [6.45, 7) is 7.75. The minimum absolute atomic E-state index is 0.0244. The summed E-state index contributed by atoms with van der Waals surface area (Å²) >= 11 is 0. The molecule has 3 N–H and O–H groups in total. The summed E-state index contributed by atoms with van der Waals surface area (Å²) in [5.41, 5.74) is 1.58. The number of nitrogens with zero attached hydrogens (tertiary/aromatic N) is 3. The Morgan fingerprint density at radius 2 is 2.03 bits per heavy atom. The highest BCUT2D eigenvalue weighted by Crippen LogP contribution is 2.38. The van der Waals surface area contributed by atoms with E-state index in [1.165, 1.54) is 6.20 Å². The van der Waals surface area contributed by atoms with Crippen LogP contribution >= 0.6 is 0 Å². The van der Waals surface area contributed by atoms with Crippen LogP contribution in [0.5, 0.6) is 11.5 Å². The lowest BCUT2D eigenvalue weighted by Gasteiger charge is -2.21. The average Bonchev–Trinajstić information content (AvgIpc) is 3.15. The Morgan fingerprint density at radius 3 is 2.80 bits per heavy atom. The molecule has 0 atom stereocenters. The highest BCUT2D eigenvalue weighted by molar-refractivity contribution is 6.00. The second-order valence-corrected chi connectivity index (χ2v) is 8.27. The number of rotatable bonds is 5. The summed E-state index contributed by atoms with van der Waals surface area (Å²) in [5, 5.41) is 13.7. The van der Waals surface area contributed by atoms with Crippen LogP contribution in [0.1, 0.15) is 31.1 Å². The van der Waals surface area contributed by atoms with E-state index in [1.807, 2.05) is 24.3 Å². The molecule has 0 radical (unpaired) electrons. The SMILES string of the molecule is CNc1cc(Nc2cccc3c2OCCO3)nc2c(C(=O)NCC(C)(C)C)cnn12. The maximum Gasteiger partial charge on any atom is 0.256 e. The molecule has 4 rings (SSSR count). The van der Waals surface area contributed by atoms with Gasteiger partial charge in [0.1, 0.15) is 30.4 Å². The zero-order valence-electron chi connectivity index (χ0n) is 17.6. The van der Waals surface area contributed by atoms with Crippen LogP contribution in [-0.2, 0) is 0 Å². The van der Waals surface area contributed by atoms with E-state index in [0.717, 1.165) is 5.69 Å². The average molecular weight is 410 g/mol. The van der Waals surface area contributed by atoms with E-state index in [4.69, 9.17) is 9.47 Å². The van der Waals surface area contributed by atoms with Gasteiger partial charge in [0.25, 0.3) is 5.91 Å². The molecule has 1 aromatic carbocycles. The molecule has 1 amide bonds. The normalized spacial score (nSPS) is 13.2. The highest BCUT2D eigenvalue weighted by atomic mass is 16.6. The molecule has 3 heterocycles. The van der Waals surface area contributed by atoms with Crippen molar-refractivity contribution >= 4 is 28.9 Å². The molecule has 0 bridgehead atoms. The largest absolute Gasteiger partial charge is 0.486 e. The number of hydrogen-bond acceptors (Lipinski definition) is 7. The lowest BCUT2D eigenvalue weighted by atomic mass is 9.97. The number of aromatic nitrogens is 3. The number of fused-ring (bicyclic) bond motifs is 2. The third-order valence-electron chi connectivity index (χ3n) is 4.58. The van der Waals surface area contributed by atoms with Crippen molar-refractivity contribution in [3.63, 3.8) is 0 Å². The topological polar surface area (TPSA) is 102 Å². The number of hydrogen-bond donors (Lipinski definition) is 3. The molecule has 9 heteroatoms. The van der Waals surface area contributed by atoms with Crippen molar-refractivity contribution in [3.05, 3.63) is 36.0 Å². The summed E-state index contributed by atoms with van der Waals surface area (Å²) < 4.78 is 13.0. The second-order valence-electron chi connectivity index (χ2n) is 8.27. The number of nitrogens with one attached hydrogen (secondary N) is 3. The Balaban J connectivity index is 1.69. The van der Waals surface area contributed by atoms with E-state index in [-0.39, 0.29) is 11.3 Å². The first kappa shape index (κ1) is 19.8. The molecule has 3 aromatic rings. The second kappa shape index (κ2) is 7.74. The van der Waals surface area contributed by atoms with Gasteiger partial charge in [-0.25, -0.2) is 4.98 Å². The summed E-state index contributed by atoms with van der Waals surface area (Å²) in [5.74, 6) is 2.38. The third-order valence-corrected chi connectivity index (χ3v) is 4.58. The zero-order chi connectivity index (χ0) is 21.3. The van der Waals surface area contributed by atoms with Crippen molar-refractivity contribution in [3.8, 4) is 11.5 Å². The Morgan fingerprint density at radius 1 is 1.23 bits per heavy atom. The molecule has 0 unspecified atom stereocenters. The van der Waals surface area contributed by atoms with Gasteiger partial charge in [0, 0.05) is 19.7 Å². The Labute approximate surface area is 174 Å². The highest BCUT2D eigenvalue weighted by Gasteiger charge is 2.20. The Hall–Kier alpha value is -3.49. The summed E-state index contributed by atoms with van der Waals surface area (Å²) in [6, 6.07) is 7.47. The summed E-state index contributed by atoms with van der Waals surface area (Å²) in [6.07, 6.45) is 1.53. The maximum absolute atomic E-state index is 12.7. The first-order chi connectivity index (χ1) is 14.4. The first-order valence-electron chi connectivity index (χ1n) is 9.86. The summed E-state index contributed by atoms with van der Waals surface area (Å²) in [4.78, 5) is 17.4. The van der Waals surface area contributed by atoms with Crippen molar-refractivity contribution in [2.24, 2.45) is 5.41 Å². The molecule has 0 saturated heterocycles. The molecular formula is C21H26N6O3. The standard InChI is InChI=1S/C21H26N6O3/c1-21(2,3)12-23-20(28)13-11-24-27-17(22-4)10-16(26-19(13)27)25-14-6-5-7-15-18(14)30-9-8-29-15/h5-7,10-11,22H,8-9,12H2,1-4H3,(H,23,28)(H,25,26). The van der Waals surface area contributed by atoms with Crippen molar-refractivity contribution in [1.29, 1.82) is 0 Å². The molecule has 30 heavy (non-hydrogen) atoms. The molecule has 0 spiro atoms. The fourth-order valence-electron chi connectivity index (χ4n) is 3.12. The molecule has 1 aliphatic rings. The van der Waals surface area contributed by atoms with Crippen LogP contribution in [-0.4, -0.2) is 47.3 Å². The summed E-state index contributed by atoms with van der Waals surface area (Å²) in [7, 11) is 1.79. The number of amides is 1. The number of ether oxygens (including phenoxy) is 2. The molecule has 1 aliphatic heterocycles. The van der Waals surface area contributed by atoms with Gasteiger partial charge < -0.3 is 25.4 Å². The fraction of sp³-hybridized carbons (Fsp3) is 0.381. The van der Waals surface area contributed by atoms with Crippen LogP contribution in [0, 0.1) is 5.41 Å². The zero-order valence-corrected chi connectivity index (χ0v) is 17.6. The molecule has 0 saturated carbocycles. The van der Waals surface area contributed by atoms with Gasteiger partial charge in [-0.1, -0.05) is 26.8 Å². The van der Waals surface area contributed by atoms with Crippen LogP contribution in [0.15, 0.2) is 30.5 Å². The van der Waals surface area contributed by atoms with E-state index in [2.05, 4.69) is 46.8 Å². The van der Waals surface area contributed by atoms with Crippen LogP contribution in [0.2, 0.25) is 0 Å². The minimum Gasteiger partial charge on any atom is -0.486 e. The van der Waals surface area contributed by atoms with Gasteiger partial charge in [-0.2, -0.15) is 9.61 Å². The number of carbonyl (C=O) groups excluding carboxylic acids is 1. The van der Waals surface area contributed by atoms with E-state index in [9.17, 15) is 4.79 Å². The molecule has 0 fully saturated rings. The van der Waals surface area contributed by atoms with Gasteiger partial charge in [0.05, 0.1) is 11.9 Å². The smallest absolute Gasteiger partial charge is 0.256 e. The van der Waals surface area contributed by atoms with Gasteiger partial charge in [0.2, 0.25) is 0 Å². The lowest BCUT2D eigenvalue weighted by molar-refractivity contribution is 0.0941. The predicted molar refractivity (Wildman–Crippen MR) is 115 cm³/mol. The predicted octanol–water partition coefficient (Wildman–Crippen LogP) is 3.06. The van der Waals surface area contributed by atoms with Gasteiger partial charge in [0.15, 0.2) is 17.1 Å². The van der Waals surface area contributed by atoms with Crippen LogP contribution in [0.3, 0.4) is 0 Å². The van der Waals surface area contributed by atoms with E-state index in [1.54, 1.807) is 11.6 Å². The van der Waals surface area contributed by atoms with Gasteiger partial charge in [-0.3, -0.25) is 4.79 Å². The van der Waals surface area contributed by atoms with Crippen molar-refractivity contribution in [1.82, 2.24) is 19.9 Å². The van der Waals surface area contributed by atoms with E-state index >= 15 is 0 Å². The number of carbonyl (C=O) groups is 1. The van der Waals surface area contributed by atoms with E-state index < -0.39 is 0 Å². The van der Waals surface area contributed by atoms with Gasteiger partial charge in [-0.05, 0) is 17.5 Å². The Bertz CT molecular complexity index is 1090. The molecule has 158 valence electrons. The Kier molecular flexibility index (Phi) is 5.11. The van der Waals surface area contributed by atoms with Crippen molar-refractivity contribution < 1.29 is 14.3 Å². The minimum atomic E-state index is -0.208. The molecule has 2 aromatic heterocycles. The number of para-hydroxylation sites is 1. The van der Waals surface area contributed by atoms with Crippen LogP contribution in [0.25, 0.3) is 5.65 Å². The van der Waals surface area contributed by atoms with Crippen LogP contribution < -0.4 is 25.4 Å². The third kappa shape index (κ3) is 3.96. The van der Waals surface area contributed by atoms with Crippen LogP contribution in [0.4, 0.5) is 17.3 Å². The molecule has 9 nitrogen and oxygen atoms in total. The van der Waals surface area contributed by atoms with Gasteiger partial charge in [-0.15, -0.1) is 0 Å². The number of benzene rings is 1. The molecular weight excluding hydrogens is 384 g/mol. The van der Waals surface area contributed by atoms with Crippen molar-refractivity contribution in [2.75, 3.05) is 37.4 Å². The number of anilines is 3. The lowest BCUT2D eigenvalue weighted by Crippen LogP contribution is -2.32. The van der Waals surface area contributed by atoms with E-state index in [0.29, 0.717) is 54.1 Å². The molecule has 0 aliphatic carbocycles. The quantitative estimate of drug-likeness (QED) is 0.594. The fourth-order valence-corrected chi connectivity index (χ4v) is 3.12. The maximum atomic E-state index is 12.7.